The van der Waals surface area contributed by atoms with Gasteiger partial charge in [0.05, 0.1) is 7.11 Å². The Morgan fingerprint density at radius 3 is 2.74 bits per heavy atom. The number of methoxy groups -OCH3 is 1. The van der Waals surface area contributed by atoms with E-state index < -0.39 is 0 Å². The molecule has 1 amide bonds. The molecule has 23 heavy (non-hydrogen) atoms. The number of hydrogen-bond donors (Lipinski definition) is 0. The van der Waals surface area contributed by atoms with Crippen molar-refractivity contribution in [2.45, 2.75) is 31.8 Å². The van der Waals surface area contributed by atoms with Gasteiger partial charge in [0.15, 0.2) is 0 Å². The zero-order valence-electron chi connectivity index (χ0n) is 13.2. The second kappa shape index (κ2) is 7.05. The SMILES string of the molecule is COc1cccc(CC2CCC(=O)N2Cc2cccc(Cl)c2)c1. The molecule has 0 spiro atoms. The van der Waals surface area contributed by atoms with Crippen LogP contribution in [0.1, 0.15) is 24.0 Å². The van der Waals surface area contributed by atoms with Crippen molar-refractivity contribution < 1.29 is 9.53 Å². The van der Waals surface area contributed by atoms with Crippen LogP contribution in [0.4, 0.5) is 0 Å². The second-order valence-corrected chi connectivity index (χ2v) is 6.34. The van der Waals surface area contributed by atoms with Gasteiger partial charge in [-0.1, -0.05) is 35.9 Å². The zero-order valence-corrected chi connectivity index (χ0v) is 13.9. The maximum Gasteiger partial charge on any atom is 0.223 e. The zero-order chi connectivity index (χ0) is 16.2. The van der Waals surface area contributed by atoms with Crippen LogP contribution in [0.3, 0.4) is 0 Å². The molecule has 3 nitrogen and oxygen atoms in total. The second-order valence-electron chi connectivity index (χ2n) is 5.90. The Bertz CT molecular complexity index is 701. The van der Waals surface area contributed by atoms with Gasteiger partial charge in [-0.25, -0.2) is 0 Å². The Hall–Kier alpha value is -2.00. The Morgan fingerprint density at radius 1 is 1.17 bits per heavy atom. The Kier molecular flexibility index (Phi) is 4.87. The molecule has 1 aliphatic rings. The summed E-state index contributed by atoms with van der Waals surface area (Å²) in [5.74, 6) is 1.08. The molecule has 0 bridgehead atoms. The maximum absolute atomic E-state index is 12.3. The quantitative estimate of drug-likeness (QED) is 0.827. The fraction of sp³-hybridized carbons (Fsp3) is 0.316. The molecule has 1 saturated heterocycles. The van der Waals surface area contributed by atoms with Crippen molar-refractivity contribution in [3.8, 4) is 5.75 Å². The van der Waals surface area contributed by atoms with E-state index in [0.717, 1.165) is 24.2 Å². The lowest BCUT2D eigenvalue weighted by Crippen LogP contribution is -2.33. The van der Waals surface area contributed by atoms with Crippen molar-refractivity contribution in [1.82, 2.24) is 4.90 Å². The van der Waals surface area contributed by atoms with Gasteiger partial charge in [-0.3, -0.25) is 4.79 Å². The predicted molar refractivity (Wildman–Crippen MR) is 91.7 cm³/mol. The third-order valence-corrected chi connectivity index (χ3v) is 4.54. The number of amides is 1. The number of hydrogen-bond acceptors (Lipinski definition) is 2. The van der Waals surface area contributed by atoms with Gasteiger partial charge in [-0.05, 0) is 48.2 Å². The molecule has 1 aliphatic heterocycles. The molecule has 1 fully saturated rings. The first kappa shape index (κ1) is 15.9. The van der Waals surface area contributed by atoms with Crippen LogP contribution in [0.15, 0.2) is 48.5 Å². The largest absolute Gasteiger partial charge is 0.497 e. The van der Waals surface area contributed by atoms with E-state index in [9.17, 15) is 4.79 Å². The maximum atomic E-state index is 12.3. The minimum absolute atomic E-state index is 0.220. The van der Waals surface area contributed by atoms with E-state index in [0.29, 0.717) is 18.0 Å². The standard InChI is InChI=1S/C19H20ClNO2/c1-23-18-7-3-4-14(12-18)11-17-8-9-19(22)21(17)13-15-5-2-6-16(20)10-15/h2-7,10,12,17H,8-9,11,13H2,1H3. The van der Waals surface area contributed by atoms with Gasteiger partial charge in [0.1, 0.15) is 5.75 Å². The summed E-state index contributed by atoms with van der Waals surface area (Å²) in [6.07, 6.45) is 2.37. The van der Waals surface area contributed by atoms with Gasteiger partial charge in [-0.2, -0.15) is 0 Å². The molecule has 0 aliphatic carbocycles. The number of carbonyl (C=O) groups excluding carboxylic acids is 1. The third-order valence-electron chi connectivity index (χ3n) is 4.30. The minimum Gasteiger partial charge on any atom is -0.497 e. The summed E-state index contributed by atoms with van der Waals surface area (Å²) in [6, 6.07) is 16.0. The first-order valence-corrected chi connectivity index (χ1v) is 8.20. The summed E-state index contributed by atoms with van der Waals surface area (Å²) >= 11 is 6.05. The fourth-order valence-corrected chi connectivity index (χ4v) is 3.34. The van der Waals surface area contributed by atoms with Crippen molar-refractivity contribution in [3.63, 3.8) is 0 Å². The Balaban J connectivity index is 1.74. The number of likely N-dealkylation sites (tertiary alicyclic amines) is 1. The first-order chi connectivity index (χ1) is 11.2. The van der Waals surface area contributed by atoms with Gasteiger partial charge in [0, 0.05) is 24.0 Å². The fourth-order valence-electron chi connectivity index (χ4n) is 3.13. The molecule has 0 radical (unpaired) electrons. The molecule has 0 saturated carbocycles. The van der Waals surface area contributed by atoms with E-state index in [1.165, 1.54) is 5.56 Å². The van der Waals surface area contributed by atoms with E-state index in [-0.39, 0.29) is 11.9 Å². The smallest absolute Gasteiger partial charge is 0.223 e. The molecular weight excluding hydrogens is 310 g/mol. The number of nitrogens with zero attached hydrogens (tertiary/aromatic N) is 1. The topological polar surface area (TPSA) is 29.5 Å². The van der Waals surface area contributed by atoms with Crippen LogP contribution in [0, 0.1) is 0 Å². The summed E-state index contributed by atoms with van der Waals surface area (Å²) in [5, 5.41) is 0.707. The number of carbonyl (C=O) groups is 1. The van der Waals surface area contributed by atoms with Gasteiger partial charge in [-0.15, -0.1) is 0 Å². The molecule has 1 heterocycles. The molecular formula is C19H20ClNO2. The highest BCUT2D eigenvalue weighted by atomic mass is 35.5. The lowest BCUT2D eigenvalue weighted by molar-refractivity contribution is -0.129. The highest BCUT2D eigenvalue weighted by molar-refractivity contribution is 6.30. The normalized spacial score (nSPS) is 17.6. The van der Waals surface area contributed by atoms with Gasteiger partial charge >= 0.3 is 0 Å². The van der Waals surface area contributed by atoms with E-state index in [4.69, 9.17) is 16.3 Å². The molecule has 3 rings (SSSR count). The van der Waals surface area contributed by atoms with Crippen LogP contribution >= 0.6 is 11.6 Å². The van der Waals surface area contributed by atoms with E-state index in [1.54, 1.807) is 7.11 Å². The summed E-state index contributed by atoms with van der Waals surface area (Å²) in [4.78, 5) is 14.2. The molecule has 120 valence electrons. The average Bonchev–Trinajstić information content (AvgIpc) is 2.88. The highest BCUT2D eigenvalue weighted by Crippen LogP contribution is 2.26. The highest BCUT2D eigenvalue weighted by Gasteiger charge is 2.30. The van der Waals surface area contributed by atoms with Gasteiger partial charge < -0.3 is 9.64 Å². The van der Waals surface area contributed by atoms with Crippen molar-refractivity contribution >= 4 is 17.5 Å². The third kappa shape index (κ3) is 3.85. The molecule has 1 atom stereocenters. The van der Waals surface area contributed by atoms with Crippen LogP contribution in [0.25, 0.3) is 0 Å². The Labute approximate surface area is 141 Å². The van der Waals surface area contributed by atoms with Crippen molar-refractivity contribution in [2.24, 2.45) is 0 Å². The van der Waals surface area contributed by atoms with E-state index >= 15 is 0 Å². The van der Waals surface area contributed by atoms with Crippen molar-refractivity contribution in [3.05, 3.63) is 64.7 Å². The van der Waals surface area contributed by atoms with Crippen LogP contribution in [0.5, 0.6) is 5.75 Å². The lowest BCUT2D eigenvalue weighted by Gasteiger charge is -2.25. The van der Waals surface area contributed by atoms with Crippen LogP contribution in [0.2, 0.25) is 5.02 Å². The minimum atomic E-state index is 0.220. The molecule has 0 aromatic heterocycles. The van der Waals surface area contributed by atoms with Crippen molar-refractivity contribution in [1.29, 1.82) is 0 Å². The molecule has 4 heteroatoms. The number of rotatable bonds is 5. The number of ether oxygens (including phenoxy) is 1. The summed E-state index contributed by atoms with van der Waals surface area (Å²) in [7, 11) is 1.67. The van der Waals surface area contributed by atoms with Gasteiger partial charge in [0.25, 0.3) is 0 Å². The first-order valence-electron chi connectivity index (χ1n) is 7.82. The van der Waals surface area contributed by atoms with Gasteiger partial charge in [0.2, 0.25) is 5.91 Å². The monoisotopic (exact) mass is 329 g/mol. The molecule has 1 unspecified atom stereocenters. The number of benzene rings is 2. The molecule has 2 aromatic carbocycles. The predicted octanol–water partition coefficient (Wildman–Crippen LogP) is 4.08. The van der Waals surface area contributed by atoms with Crippen LogP contribution in [-0.2, 0) is 17.8 Å². The van der Waals surface area contributed by atoms with Crippen LogP contribution < -0.4 is 4.74 Å². The van der Waals surface area contributed by atoms with Crippen LogP contribution in [-0.4, -0.2) is 24.0 Å². The number of halogens is 1. The van der Waals surface area contributed by atoms with E-state index in [2.05, 4.69) is 6.07 Å². The summed E-state index contributed by atoms with van der Waals surface area (Å²) in [5.41, 5.74) is 2.27. The van der Waals surface area contributed by atoms with Crippen molar-refractivity contribution in [2.75, 3.05) is 7.11 Å². The van der Waals surface area contributed by atoms with E-state index in [1.807, 2.05) is 47.4 Å². The Morgan fingerprint density at radius 2 is 1.96 bits per heavy atom. The average molecular weight is 330 g/mol. The molecule has 0 N–H and O–H groups in total. The summed E-state index contributed by atoms with van der Waals surface area (Å²) < 4.78 is 5.28. The molecule has 2 aromatic rings. The lowest BCUT2D eigenvalue weighted by atomic mass is 10.0. The summed E-state index contributed by atoms with van der Waals surface area (Å²) in [6.45, 7) is 0.619.